The van der Waals surface area contributed by atoms with Crippen LogP contribution in [0.2, 0.25) is 0 Å². The second kappa shape index (κ2) is 8.34. The quantitative estimate of drug-likeness (QED) is 0.450. The molecular weight excluding hydrogens is 298 g/mol. The average Bonchev–Trinajstić information content (AvgIpc) is 2.51. The first-order chi connectivity index (χ1) is 10.8. The molecule has 0 saturated carbocycles. The fourth-order valence-electron chi connectivity index (χ4n) is 1.60. The van der Waals surface area contributed by atoms with Gasteiger partial charge in [0.25, 0.3) is 5.91 Å². The minimum atomic E-state index is -0.786. The van der Waals surface area contributed by atoms with E-state index in [0.717, 1.165) is 5.56 Å². The number of Topliss-reactive ketones (excluding diaryl/α,β-unsaturated/α-hetero) is 1. The van der Waals surface area contributed by atoms with E-state index in [0.29, 0.717) is 5.56 Å². The summed E-state index contributed by atoms with van der Waals surface area (Å²) in [7, 11) is 0. The molecule has 7 nitrogen and oxygen atoms in total. The van der Waals surface area contributed by atoms with Gasteiger partial charge in [-0.2, -0.15) is 5.26 Å². The van der Waals surface area contributed by atoms with E-state index in [-0.39, 0.29) is 17.8 Å². The number of hydrogen-bond donors (Lipinski definition) is 2. The maximum Gasteiger partial charge on any atom is 0.325 e. The van der Waals surface area contributed by atoms with Crippen LogP contribution in [0, 0.1) is 18.3 Å². The number of carbonyl (C=O) groups is 3. The number of amides is 1. The maximum atomic E-state index is 11.8. The van der Waals surface area contributed by atoms with Gasteiger partial charge in [0.2, 0.25) is 5.78 Å². The van der Waals surface area contributed by atoms with Crippen LogP contribution in [0.1, 0.15) is 22.8 Å². The van der Waals surface area contributed by atoms with Gasteiger partial charge in [-0.15, -0.1) is 0 Å². The Hall–Kier alpha value is -3.14. The lowest BCUT2D eigenvalue weighted by Gasteiger charge is -2.06. The number of hydrogen-bond acceptors (Lipinski definition) is 6. The highest BCUT2D eigenvalue weighted by Crippen LogP contribution is 2.03. The standard InChI is InChI=1S/C16H17N3O4/c1-10-3-5-12(6-4-10)16(22)19-8-15(21)23-9-14(20)13(7-17)11(2)18/h3-6H,8-9,18H2,1-2H3,(H,19,22)/b13-11-. The van der Waals surface area contributed by atoms with Gasteiger partial charge in [0.15, 0.2) is 6.61 Å². The number of rotatable bonds is 6. The van der Waals surface area contributed by atoms with E-state index in [2.05, 4.69) is 5.32 Å². The first kappa shape index (κ1) is 17.9. The fourth-order valence-corrected chi connectivity index (χ4v) is 1.60. The van der Waals surface area contributed by atoms with Gasteiger partial charge >= 0.3 is 5.97 Å². The van der Waals surface area contributed by atoms with Crippen LogP contribution in [0.4, 0.5) is 0 Å². The summed E-state index contributed by atoms with van der Waals surface area (Å²) in [6.45, 7) is 2.31. The Morgan fingerprint density at radius 2 is 1.87 bits per heavy atom. The first-order valence-corrected chi connectivity index (χ1v) is 6.75. The molecule has 0 aliphatic carbocycles. The second-order valence-electron chi connectivity index (χ2n) is 4.80. The number of carbonyl (C=O) groups excluding carboxylic acids is 3. The second-order valence-corrected chi connectivity index (χ2v) is 4.80. The third kappa shape index (κ3) is 5.63. The molecule has 1 aromatic carbocycles. The normalized spacial score (nSPS) is 11.0. The van der Waals surface area contributed by atoms with Crippen molar-refractivity contribution in [3.05, 3.63) is 46.7 Å². The molecule has 7 heteroatoms. The summed E-state index contributed by atoms with van der Waals surface area (Å²) in [5.74, 6) is -1.90. The molecule has 0 aliphatic heterocycles. The Kier molecular flexibility index (Phi) is 6.49. The van der Waals surface area contributed by atoms with Crippen molar-refractivity contribution in [1.82, 2.24) is 5.32 Å². The zero-order valence-corrected chi connectivity index (χ0v) is 12.9. The highest BCUT2D eigenvalue weighted by atomic mass is 16.5. The van der Waals surface area contributed by atoms with Gasteiger partial charge in [0, 0.05) is 11.3 Å². The SMILES string of the molecule is C/C(N)=C(\C#N)C(=O)COC(=O)CNC(=O)c1ccc(C)cc1. The number of ketones is 1. The van der Waals surface area contributed by atoms with Crippen LogP contribution in [-0.2, 0) is 14.3 Å². The number of allylic oxidation sites excluding steroid dienone is 1. The molecule has 1 rings (SSSR count). The van der Waals surface area contributed by atoms with Gasteiger partial charge in [-0.3, -0.25) is 14.4 Å². The Labute approximate surface area is 133 Å². The van der Waals surface area contributed by atoms with Crippen molar-refractivity contribution in [3.8, 4) is 6.07 Å². The predicted molar refractivity (Wildman–Crippen MR) is 82.0 cm³/mol. The van der Waals surface area contributed by atoms with Gasteiger partial charge in [-0.05, 0) is 26.0 Å². The molecule has 0 saturated heterocycles. The third-order valence-corrected chi connectivity index (χ3v) is 2.86. The van der Waals surface area contributed by atoms with Crippen molar-refractivity contribution in [3.63, 3.8) is 0 Å². The fraction of sp³-hybridized carbons (Fsp3) is 0.250. The molecule has 0 unspecified atom stereocenters. The molecule has 0 spiro atoms. The Morgan fingerprint density at radius 1 is 1.26 bits per heavy atom. The highest BCUT2D eigenvalue weighted by molar-refractivity contribution is 6.01. The largest absolute Gasteiger partial charge is 0.456 e. The van der Waals surface area contributed by atoms with Crippen LogP contribution in [0.25, 0.3) is 0 Å². The topological polar surface area (TPSA) is 122 Å². The molecule has 0 atom stereocenters. The number of benzene rings is 1. The summed E-state index contributed by atoms with van der Waals surface area (Å²) in [6, 6.07) is 8.46. The van der Waals surface area contributed by atoms with E-state index in [9.17, 15) is 14.4 Å². The number of nitrogens with zero attached hydrogens (tertiary/aromatic N) is 1. The number of aryl methyl sites for hydroxylation is 1. The monoisotopic (exact) mass is 315 g/mol. The molecule has 0 aliphatic rings. The van der Waals surface area contributed by atoms with Crippen LogP contribution < -0.4 is 11.1 Å². The third-order valence-electron chi connectivity index (χ3n) is 2.86. The zero-order valence-electron chi connectivity index (χ0n) is 12.9. The molecule has 1 amide bonds. The van der Waals surface area contributed by atoms with Crippen molar-refractivity contribution in [2.24, 2.45) is 5.73 Å². The molecule has 1 aromatic rings. The molecule has 3 N–H and O–H groups in total. The zero-order chi connectivity index (χ0) is 17.4. The van der Waals surface area contributed by atoms with Crippen molar-refractivity contribution in [2.45, 2.75) is 13.8 Å². The van der Waals surface area contributed by atoms with Gasteiger partial charge in [0.05, 0.1) is 0 Å². The summed E-state index contributed by atoms with van der Waals surface area (Å²) >= 11 is 0. The Balaban J connectivity index is 2.45. The predicted octanol–water partition coefficient (Wildman–Crippen LogP) is 0.593. The van der Waals surface area contributed by atoms with Crippen molar-refractivity contribution >= 4 is 17.7 Å². The Morgan fingerprint density at radius 3 is 2.39 bits per heavy atom. The van der Waals surface area contributed by atoms with Gasteiger partial charge in [-0.25, -0.2) is 0 Å². The summed E-state index contributed by atoms with van der Waals surface area (Å²) in [6.07, 6.45) is 0. The van der Waals surface area contributed by atoms with E-state index < -0.39 is 24.3 Å². The maximum absolute atomic E-state index is 11.8. The smallest absolute Gasteiger partial charge is 0.325 e. The van der Waals surface area contributed by atoms with Crippen molar-refractivity contribution in [1.29, 1.82) is 5.26 Å². The summed E-state index contributed by atoms with van der Waals surface area (Å²) in [4.78, 5) is 34.9. The molecular formula is C16H17N3O4. The van der Waals surface area contributed by atoms with E-state index in [1.54, 1.807) is 30.3 Å². The summed E-state index contributed by atoms with van der Waals surface area (Å²) in [5, 5.41) is 11.1. The van der Waals surface area contributed by atoms with Gasteiger partial charge in [-0.1, -0.05) is 17.7 Å². The Bertz CT molecular complexity index is 680. The molecule has 23 heavy (non-hydrogen) atoms. The number of esters is 1. The number of nitrogens with one attached hydrogen (secondary N) is 1. The van der Waals surface area contributed by atoms with Crippen LogP contribution in [0.15, 0.2) is 35.5 Å². The summed E-state index contributed by atoms with van der Waals surface area (Å²) in [5.41, 5.74) is 6.60. The van der Waals surface area contributed by atoms with Crippen LogP contribution in [0.5, 0.6) is 0 Å². The molecule has 0 aromatic heterocycles. The minimum absolute atomic E-state index is 0.0567. The molecule has 0 heterocycles. The van der Waals surface area contributed by atoms with Crippen LogP contribution >= 0.6 is 0 Å². The molecule has 0 fully saturated rings. The van der Waals surface area contributed by atoms with Crippen LogP contribution in [0.3, 0.4) is 0 Å². The number of nitrogens with two attached hydrogens (primary N) is 1. The van der Waals surface area contributed by atoms with Crippen molar-refractivity contribution < 1.29 is 19.1 Å². The van der Waals surface area contributed by atoms with E-state index in [1.165, 1.54) is 6.92 Å². The number of nitriles is 1. The van der Waals surface area contributed by atoms with E-state index >= 15 is 0 Å². The lowest BCUT2D eigenvalue weighted by molar-refractivity contribution is -0.145. The van der Waals surface area contributed by atoms with Gasteiger partial charge < -0.3 is 15.8 Å². The molecule has 120 valence electrons. The van der Waals surface area contributed by atoms with E-state index in [4.69, 9.17) is 15.7 Å². The minimum Gasteiger partial charge on any atom is -0.456 e. The van der Waals surface area contributed by atoms with Crippen molar-refractivity contribution in [2.75, 3.05) is 13.2 Å². The first-order valence-electron chi connectivity index (χ1n) is 6.75. The lowest BCUT2D eigenvalue weighted by atomic mass is 10.1. The summed E-state index contributed by atoms with van der Waals surface area (Å²) < 4.78 is 4.70. The average molecular weight is 315 g/mol. The molecule has 0 bridgehead atoms. The number of ether oxygens (including phenoxy) is 1. The highest BCUT2D eigenvalue weighted by Gasteiger charge is 2.15. The van der Waals surface area contributed by atoms with Gasteiger partial charge in [0.1, 0.15) is 18.2 Å². The van der Waals surface area contributed by atoms with E-state index in [1.807, 2.05) is 6.92 Å². The molecule has 0 radical (unpaired) electrons. The lowest BCUT2D eigenvalue weighted by Crippen LogP contribution is -2.31. The van der Waals surface area contributed by atoms with Crippen LogP contribution in [-0.4, -0.2) is 30.8 Å².